The third kappa shape index (κ3) is 4.37. The van der Waals surface area contributed by atoms with E-state index in [4.69, 9.17) is 11.6 Å². The van der Waals surface area contributed by atoms with Crippen molar-refractivity contribution in [3.8, 4) is 10.6 Å². The van der Waals surface area contributed by atoms with E-state index < -0.39 is 0 Å². The average molecular weight is 344 g/mol. The van der Waals surface area contributed by atoms with E-state index in [1.165, 1.54) is 0 Å². The van der Waals surface area contributed by atoms with Gasteiger partial charge in [-0.15, -0.1) is 11.3 Å². The number of nitrogens with one attached hydrogen (secondary N) is 1. The van der Waals surface area contributed by atoms with Crippen molar-refractivity contribution < 1.29 is 4.79 Å². The monoisotopic (exact) mass is 343 g/mol. The predicted molar refractivity (Wildman–Crippen MR) is 93.7 cm³/mol. The summed E-state index contributed by atoms with van der Waals surface area (Å²) in [5.41, 5.74) is 2.66. The minimum atomic E-state index is -0.0387. The molecule has 0 spiro atoms. The Labute approximate surface area is 143 Å². The first kappa shape index (κ1) is 15.6. The van der Waals surface area contributed by atoms with Crippen LogP contribution in [0.3, 0.4) is 0 Å². The first-order chi connectivity index (χ1) is 11.2. The molecule has 0 bridgehead atoms. The fourth-order valence-corrected chi connectivity index (χ4v) is 3.01. The third-order valence-electron chi connectivity index (χ3n) is 3.20. The Balaban J connectivity index is 1.55. The van der Waals surface area contributed by atoms with E-state index in [2.05, 4.69) is 15.3 Å². The van der Waals surface area contributed by atoms with Crippen molar-refractivity contribution in [3.05, 3.63) is 64.9 Å². The molecule has 2 aromatic heterocycles. The zero-order valence-corrected chi connectivity index (χ0v) is 13.8. The Bertz CT molecular complexity index is 787. The Kier molecular flexibility index (Phi) is 5.00. The van der Waals surface area contributed by atoms with Crippen molar-refractivity contribution in [2.45, 2.75) is 12.8 Å². The number of carbonyl (C=O) groups excluding carboxylic acids is 1. The van der Waals surface area contributed by atoms with Gasteiger partial charge in [0, 0.05) is 40.5 Å². The Hall–Kier alpha value is -2.24. The van der Waals surface area contributed by atoms with Crippen LogP contribution in [0.2, 0.25) is 5.02 Å². The maximum absolute atomic E-state index is 12.0. The van der Waals surface area contributed by atoms with E-state index in [9.17, 15) is 4.79 Å². The second-order valence-corrected chi connectivity index (χ2v) is 6.24. The largest absolute Gasteiger partial charge is 0.326 e. The molecule has 116 valence electrons. The molecule has 2 heterocycles. The van der Waals surface area contributed by atoms with Crippen molar-refractivity contribution in [1.82, 2.24) is 9.97 Å². The summed E-state index contributed by atoms with van der Waals surface area (Å²) in [5.74, 6) is -0.0387. The summed E-state index contributed by atoms with van der Waals surface area (Å²) in [7, 11) is 0. The van der Waals surface area contributed by atoms with E-state index in [1.807, 2.05) is 17.5 Å². The minimum absolute atomic E-state index is 0.0387. The highest BCUT2D eigenvalue weighted by molar-refractivity contribution is 7.13. The number of rotatable bonds is 5. The lowest BCUT2D eigenvalue weighted by Gasteiger charge is -2.04. The van der Waals surface area contributed by atoms with E-state index in [0.717, 1.165) is 22.0 Å². The molecule has 0 unspecified atom stereocenters. The molecule has 0 saturated carbocycles. The van der Waals surface area contributed by atoms with Crippen molar-refractivity contribution in [3.63, 3.8) is 0 Å². The van der Waals surface area contributed by atoms with Gasteiger partial charge in [-0.3, -0.25) is 9.78 Å². The predicted octanol–water partition coefficient (Wildman–Crippen LogP) is 4.43. The number of amides is 1. The number of anilines is 1. The number of aromatic nitrogens is 2. The Morgan fingerprint density at radius 3 is 2.78 bits per heavy atom. The zero-order chi connectivity index (χ0) is 16.1. The first-order valence-electron chi connectivity index (χ1n) is 7.11. The number of aryl methyl sites for hydroxylation is 1. The van der Waals surface area contributed by atoms with Crippen LogP contribution in [0.25, 0.3) is 10.6 Å². The van der Waals surface area contributed by atoms with Crippen LogP contribution in [0.4, 0.5) is 5.69 Å². The lowest BCUT2D eigenvalue weighted by Crippen LogP contribution is -2.12. The summed E-state index contributed by atoms with van der Waals surface area (Å²) in [4.78, 5) is 20.6. The van der Waals surface area contributed by atoms with Crippen molar-refractivity contribution in [2.24, 2.45) is 0 Å². The number of carbonyl (C=O) groups is 1. The van der Waals surface area contributed by atoms with Gasteiger partial charge in [-0.05, 0) is 42.8 Å². The van der Waals surface area contributed by atoms with Crippen LogP contribution in [0.15, 0.2) is 54.2 Å². The lowest BCUT2D eigenvalue weighted by molar-refractivity contribution is -0.116. The zero-order valence-electron chi connectivity index (χ0n) is 12.2. The van der Waals surface area contributed by atoms with Crippen LogP contribution in [-0.2, 0) is 11.2 Å². The van der Waals surface area contributed by atoms with Gasteiger partial charge in [0.25, 0.3) is 0 Å². The van der Waals surface area contributed by atoms with Gasteiger partial charge in [-0.25, -0.2) is 4.98 Å². The molecule has 1 amide bonds. The topological polar surface area (TPSA) is 54.9 Å². The van der Waals surface area contributed by atoms with E-state index in [1.54, 1.807) is 48.0 Å². The number of pyridine rings is 1. The highest BCUT2D eigenvalue weighted by Crippen LogP contribution is 2.23. The number of hydrogen-bond acceptors (Lipinski definition) is 4. The molecule has 0 atom stereocenters. The third-order valence-corrected chi connectivity index (χ3v) is 4.39. The highest BCUT2D eigenvalue weighted by Gasteiger charge is 2.08. The molecule has 1 N–H and O–H groups in total. The number of hydrogen-bond donors (Lipinski definition) is 1. The standard InChI is InChI=1S/C17H14ClN3OS/c18-13-3-5-14(6-4-13)20-16(22)8-7-15-11-23-17(21-15)12-2-1-9-19-10-12/h1-6,9-11H,7-8H2,(H,20,22). The Morgan fingerprint density at radius 2 is 2.04 bits per heavy atom. The first-order valence-corrected chi connectivity index (χ1v) is 8.37. The van der Waals surface area contributed by atoms with Gasteiger partial charge >= 0.3 is 0 Å². The van der Waals surface area contributed by atoms with Gasteiger partial charge < -0.3 is 5.32 Å². The molecular formula is C17H14ClN3OS. The fraction of sp³-hybridized carbons (Fsp3) is 0.118. The summed E-state index contributed by atoms with van der Waals surface area (Å²) in [6.07, 6.45) is 4.52. The molecule has 0 radical (unpaired) electrons. The summed E-state index contributed by atoms with van der Waals surface area (Å²) < 4.78 is 0. The minimum Gasteiger partial charge on any atom is -0.326 e. The summed E-state index contributed by atoms with van der Waals surface area (Å²) in [6.45, 7) is 0. The summed E-state index contributed by atoms with van der Waals surface area (Å²) in [6, 6.07) is 10.9. The second kappa shape index (κ2) is 7.35. The maximum atomic E-state index is 12.0. The number of halogens is 1. The molecule has 23 heavy (non-hydrogen) atoms. The van der Waals surface area contributed by atoms with Crippen LogP contribution in [-0.4, -0.2) is 15.9 Å². The number of benzene rings is 1. The molecule has 1 aromatic carbocycles. The van der Waals surface area contributed by atoms with Gasteiger partial charge in [0.15, 0.2) is 0 Å². The van der Waals surface area contributed by atoms with Gasteiger partial charge in [0.1, 0.15) is 5.01 Å². The molecule has 4 nitrogen and oxygen atoms in total. The number of thiazole rings is 1. The molecule has 0 fully saturated rings. The summed E-state index contributed by atoms with van der Waals surface area (Å²) >= 11 is 7.38. The molecule has 3 rings (SSSR count). The molecular weight excluding hydrogens is 330 g/mol. The number of nitrogens with zero attached hydrogens (tertiary/aromatic N) is 2. The molecule has 0 saturated heterocycles. The molecule has 6 heteroatoms. The smallest absolute Gasteiger partial charge is 0.224 e. The quantitative estimate of drug-likeness (QED) is 0.745. The molecule has 3 aromatic rings. The van der Waals surface area contributed by atoms with Gasteiger partial charge in [-0.1, -0.05) is 11.6 Å². The van der Waals surface area contributed by atoms with E-state index in [-0.39, 0.29) is 5.91 Å². The van der Waals surface area contributed by atoms with Gasteiger partial charge in [-0.2, -0.15) is 0 Å². The molecule has 0 aliphatic rings. The maximum Gasteiger partial charge on any atom is 0.224 e. The normalized spacial score (nSPS) is 10.5. The highest BCUT2D eigenvalue weighted by atomic mass is 35.5. The van der Waals surface area contributed by atoms with Crippen LogP contribution >= 0.6 is 22.9 Å². The van der Waals surface area contributed by atoms with E-state index >= 15 is 0 Å². The van der Waals surface area contributed by atoms with Gasteiger partial charge in [0.05, 0.1) is 5.69 Å². The lowest BCUT2D eigenvalue weighted by atomic mass is 10.2. The van der Waals surface area contributed by atoms with Crippen LogP contribution in [0.1, 0.15) is 12.1 Å². The van der Waals surface area contributed by atoms with Crippen LogP contribution < -0.4 is 5.32 Å². The van der Waals surface area contributed by atoms with Crippen molar-refractivity contribution in [1.29, 1.82) is 0 Å². The van der Waals surface area contributed by atoms with Gasteiger partial charge in [0.2, 0.25) is 5.91 Å². The van der Waals surface area contributed by atoms with Crippen molar-refractivity contribution >= 4 is 34.5 Å². The van der Waals surface area contributed by atoms with E-state index in [0.29, 0.717) is 17.9 Å². The fourth-order valence-electron chi connectivity index (χ4n) is 2.04. The molecule has 0 aliphatic carbocycles. The second-order valence-electron chi connectivity index (χ2n) is 4.94. The van der Waals surface area contributed by atoms with Crippen LogP contribution in [0, 0.1) is 0 Å². The van der Waals surface area contributed by atoms with Crippen LogP contribution in [0.5, 0.6) is 0 Å². The Morgan fingerprint density at radius 1 is 1.22 bits per heavy atom. The summed E-state index contributed by atoms with van der Waals surface area (Å²) in [5, 5.41) is 6.40. The molecule has 0 aliphatic heterocycles. The average Bonchev–Trinajstić information content (AvgIpc) is 3.05. The SMILES string of the molecule is O=C(CCc1csc(-c2cccnc2)n1)Nc1ccc(Cl)cc1. The van der Waals surface area contributed by atoms with Crippen molar-refractivity contribution in [2.75, 3.05) is 5.32 Å².